The molecule has 2 fully saturated rings. The molecule has 2 rings (SSSR count). The second-order valence-corrected chi connectivity index (χ2v) is 5.58. The van der Waals surface area contributed by atoms with Crippen LogP contribution in [0.2, 0.25) is 0 Å². The van der Waals surface area contributed by atoms with Gasteiger partial charge in [-0.05, 0) is 45.1 Å². The van der Waals surface area contributed by atoms with Crippen LogP contribution in [-0.4, -0.2) is 36.5 Å². The monoisotopic (exact) mass is 238 g/mol. The Bertz CT molecular complexity index is 243. The molecule has 1 aliphatic heterocycles. The summed E-state index contributed by atoms with van der Waals surface area (Å²) in [6, 6.07) is 0.544. The van der Waals surface area contributed by atoms with Gasteiger partial charge >= 0.3 is 0 Å². The van der Waals surface area contributed by atoms with Crippen LogP contribution in [0.5, 0.6) is 0 Å². The normalized spacial score (nSPS) is 25.4. The van der Waals surface area contributed by atoms with E-state index in [0.717, 1.165) is 26.1 Å². The van der Waals surface area contributed by atoms with E-state index in [1.165, 1.54) is 38.5 Å². The van der Waals surface area contributed by atoms with Gasteiger partial charge in [0.2, 0.25) is 5.91 Å². The van der Waals surface area contributed by atoms with Gasteiger partial charge in [-0.3, -0.25) is 4.79 Å². The molecule has 1 saturated heterocycles. The SMILES string of the molecule is CCN(CC1CCCN1)C(=O)CC1CCCC1. The van der Waals surface area contributed by atoms with E-state index in [2.05, 4.69) is 17.1 Å². The minimum Gasteiger partial charge on any atom is -0.341 e. The van der Waals surface area contributed by atoms with Crippen LogP contribution in [0.3, 0.4) is 0 Å². The fourth-order valence-corrected chi connectivity index (χ4v) is 3.18. The number of rotatable bonds is 5. The number of amides is 1. The highest BCUT2D eigenvalue weighted by Crippen LogP contribution is 2.28. The van der Waals surface area contributed by atoms with Crippen molar-refractivity contribution in [1.29, 1.82) is 0 Å². The average molecular weight is 238 g/mol. The molecule has 0 aromatic heterocycles. The molecule has 1 saturated carbocycles. The highest BCUT2D eigenvalue weighted by Gasteiger charge is 2.24. The highest BCUT2D eigenvalue weighted by atomic mass is 16.2. The molecule has 0 radical (unpaired) electrons. The van der Waals surface area contributed by atoms with E-state index < -0.39 is 0 Å². The van der Waals surface area contributed by atoms with Crippen LogP contribution in [0.4, 0.5) is 0 Å². The molecule has 0 bridgehead atoms. The smallest absolute Gasteiger partial charge is 0.222 e. The van der Waals surface area contributed by atoms with Gasteiger partial charge in [-0.25, -0.2) is 0 Å². The third kappa shape index (κ3) is 3.70. The van der Waals surface area contributed by atoms with Gasteiger partial charge in [0, 0.05) is 25.6 Å². The van der Waals surface area contributed by atoms with Crippen molar-refractivity contribution in [3.63, 3.8) is 0 Å². The largest absolute Gasteiger partial charge is 0.341 e. The van der Waals surface area contributed by atoms with Crippen LogP contribution < -0.4 is 5.32 Å². The molecule has 17 heavy (non-hydrogen) atoms. The predicted molar refractivity (Wildman–Crippen MR) is 69.9 cm³/mol. The van der Waals surface area contributed by atoms with Crippen LogP contribution in [-0.2, 0) is 4.79 Å². The molecule has 3 nitrogen and oxygen atoms in total. The molecule has 1 aliphatic carbocycles. The Morgan fingerprint density at radius 2 is 2.00 bits per heavy atom. The van der Waals surface area contributed by atoms with E-state index >= 15 is 0 Å². The summed E-state index contributed by atoms with van der Waals surface area (Å²) in [4.78, 5) is 14.3. The second kappa shape index (κ2) is 6.39. The van der Waals surface area contributed by atoms with Gasteiger partial charge in [-0.15, -0.1) is 0 Å². The maximum Gasteiger partial charge on any atom is 0.222 e. The zero-order chi connectivity index (χ0) is 12.1. The topological polar surface area (TPSA) is 32.3 Å². The van der Waals surface area contributed by atoms with Gasteiger partial charge in [0.25, 0.3) is 0 Å². The Labute approximate surface area is 105 Å². The Balaban J connectivity index is 1.77. The van der Waals surface area contributed by atoms with Crippen molar-refractivity contribution in [2.45, 2.75) is 57.9 Å². The summed E-state index contributed by atoms with van der Waals surface area (Å²) >= 11 is 0. The Morgan fingerprint density at radius 3 is 2.59 bits per heavy atom. The van der Waals surface area contributed by atoms with E-state index in [1.807, 2.05) is 0 Å². The second-order valence-electron chi connectivity index (χ2n) is 5.58. The number of carbonyl (C=O) groups excluding carboxylic acids is 1. The first-order valence-electron chi connectivity index (χ1n) is 7.30. The van der Waals surface area contributed by atoms with Crippen molar-refractivity contribution < 1.29 is 4.79 Å². The lowest BCUT2D eigenvalue weighted by Gasteiger charge is -2.25. The van der Waals surface area contributed by atoms with Gasteiger partial charge in [0.15, 0.2) is 0 Å². The molecule has 1 atom stereocenters. The quantitative estimate of drug-likeness (QED) is 0.796. The average Bonchev–Trinajstić information content (AvgIpc) is 2.97. The van der Waals surface area contributed by atoms with E-state index in [1.54, 1.807) is 0 Å². The Hall–Kier alpha value is -0.570. The fraction of sp³-hybridized carbons (Fsp3) is 0.929. The molecule has 1 amide bonds. The Kier molecular flexibility index (Phi) is 4.84. The maximum absolute atomic E-state index is 12.2. The molecule has 3 heteroatoms. The van der Waals surface area contributed by atoms with Crippen molar-refractivity contribution in [3.8, 4) is 0 Å². The summed E-state index contributed by atoms with van der Waals surface area (Å²) < 4.78 is 0. The minimum atomic E-state index is 0.383. The summed E-state index contributed by atoms with van der Waals surface area (Å²) in [5.41, 5.74) is 0. The minimum absolute atomic E-state index is 0.383. The zero-order valence-electron chi connectivity index (χ0n) is 11.1. The molecule has 0 spiro atoms. The van der Waals surface area contributed by atoms with E-state index in [0.29, 0.717) is 17.9 Å². The van der Waals surface area contributed by atoms with Gasteiger partial charge < -0.3 is 10.2 Å². The fourth-order valence-electron chi connectivity index (χ4n) is 3.18. The lowest BCUT2D eigenvalue weighted by molar-refractivity contribution is -0.132. The van der Waals surface area contributed by atoms with Crippen molar-refractivity contribution >= 4 is 5.91 Å². The van der Waals surface area contributed by atoms with E-state index in [4.69, 9.17) is 0 Å². The van der Waals surface area contributed by atoms with E-state index in [-0.39, 0.29) is 0 Å². The molecule has 1 heterocycles. The number of nitrogens with zero attached hydrogens (tertiary/aromatic N) is 1. The molecule has 0 aromatic rings. The predicted octanol–water partition coefficient (Wildman–Crippen LogP) is 2.17. The van der Waals surface area contributed by atoms with Gasteiger partial charge in [0.1, 0.15) is 0 Å². The van der Waals surface area contributed by atoms with Crippen LogP contribution in [0.25, 0.3) is 0 Å². The summed E-state index contributed by atoms with van der Waals surface area (Å²) in [5, 5.41) is 3.48. The molecule has 0 aromatic carbocycles. The van der Waals surface area contributed by atoms with Gasteiger partial charge in [-0.1, -0.05) is 12.8 Å². The zero-order valence-corrected chi connectivity index (χ0v) is 11.1. The number of likely N-dealkylation sites (N-methyl/N-ethyl adjacent to an activating group) is 1. The van der Waals surface area contributed by atoms with Crippen molar-refractivity contribution in [2.24, 2.45) is 5.92 Å². The summed E-state index contributed by atoms with van der Waals surface area (Å²) in [6.07, 6.45) is 8.48. The van der Waals surface area contributed by atoms with Crippen LogP contribution >= 0.6 is 0 Å². The third-order valence-electron chi connectivity index (χ3n) is 4.28. The van der Waals surface area contributed by atoms with Crippen LogP contribution in [0, 0.1) is 5.92 Å². The van der Waals surface area contributed by atoms with Crippen LogP contribution in [0.1, 0.15) is 51.9 Å². The first-order chi connectivity index (χ1) is 8.29. The number of hydrogen-bond donors (Lipinski definition) is 1. The van der Waals surface area contributed by atoms with Gasteiger partial charge in [0.05, 0.1) is 0 Å². The van der Waals surface area contributed by atoms with Crippen LogP contribution in [0.15, 0.2) is 0 Å². The van der Waals surface area contributed by atoms with Crippen molar-refractivity contribution in [3.05, 3.63) is 0 Å². The summed E-state index contributed by atoms with van der Waals surface area (Å²) in [7, 11) is 0. The highest BCUT2D eigenvalue weighted by molar-refractivity contribution is 5.76. The van der Waals surface area contributed by atoms with Gasteiger partial charge in [-0.2, -0.15) is 0 Å². The standard InChI is InChI=1S/C14H26N2O/c1-2-16(11-13-8-5-9-15-13)14(17)10-12-6-3-4-7-12/h12-13,15H,2-11H2,1H3. The Morgan fingerprint density at radius 1 is 1.24 bits per heavy atom. The maximum atomic E-state index is 12.2. The molecule has 1 N–H and O–H groups in total. The lowest BCUT2D eigenvalue weighted by Crippen LogP contribution is -2.41. The molecular formula is C14H26N2O. The van der Waals surface area contributed by atoms with Crippen molar-refractivity contribution in [1.82, 2.24) is 10.2 Å². The summed E-state index contributed by atoms with van der Waals surface area (Å²) in [6.45, 7) is 5.01. The molecule has 98 valence electrons. The number of carbonyl (C=O) groups is 1. The third-order valence-corrected chi connectivity index (χ3v) is 4.28. The number of hydrogen-bond acceptors (Lipinski definition) is 2. The van der Waals surface area contributed by atoms with E-state index in [9.17, 15) is 4.79 Å². The summed E-state index contributed by atoms with van der Waals surface area (Å²) in [5.74, 6) is 1.06. The lowest BCUT2D eigenvalue weighted by atomic mass is 10.0. The molecular weight excluding hydrogens is 212 g/mol. The van der Waals surface area contributed by atoms with Crippen molar-refractivity contribution in [2.75, 3.05) is 19.6 Å². The number of nitrogens with one attached hydrogen (secondary N) is 1. The first kappa shape index (κ1) is 12.9. The first-order valence-corrected chi connectivity index (χ1v) is 7.30. The molecule has 2 aliphatic rings. The molecule has 1 unspecified atom stereocenters.